The van der Waals surface area contributed by atoms with Gasteiger partial charge in [0.15, 0.2) is 5.13 Å². The molecule has 0 aliphatic carbocycles. The van der Waals surface area contributed by atoms with Crippen LogP contribution in [-0.2, 0) is 6.54 Å². The molecule has 8 nitrogen and oxygen atoms in total. The smallest absolute Gasteiger partial charge is 0.307 e. The predicted molar refractivity (Wildman–Crippen MR) is 117 cm³/mol. The van der Waals surface area contributed by atoms with Crippen LogP contribution in [0.5, 0.6) is 0 Å². The number of imidazole rings is 1. The van der Waals surface area contributed by atoms with Crippen LogP contribution in [0.1, 0.15) is 5.69 Å². The third-order valence-electron chi connectivity index (χ3n) is 4.42. The van der Waals surface area contributed by atoms with E-state index in [2.05, 4.69) is 25.7 Å². The molecule has 0 unspecified atom stereocenters. The zero-order valence-corrected chi connectivity index (χ0v) is 16.6. The molecule has 0 spiro atoms. The first-order valence-corrected chi connectivity index (χ1v) is 10.1. The quantitative estimate of drug-likeness (QED) is 0.447. The molecule has 148 valence electrons. The molecule has 0 saturated heterocycles. The maximum absolute atomic E-state index is 12.3. The highest BCUT2D eigenvalue weighted by Gasteiger charge is 2.10. The van der Waals surface area contributed by atoms with E-state index in [-0.39, 0.29) is 6.03 Å². The molecule has 2 N–H and O–H groups in total. The van der Waals surface area contributed by atoms with Gasteiger partial charge in [-0.05, 0) is 12.1 Å². The minimum atomic E-state index is -0.365. The number of urea groups is 1. The second-order valence-electron chi connectivity index (χ2n) is 6.61. The van der Waals surface area contributed by atoms with Crippen LogP contribution in [0.25, 0.3) is 16.9 Å². The Bertz CT molecular complexity index is 1270. The minimum Gasteiger partial charge on any atom is -0.307 e. The Labute approximate surface area is 175 Å². The summed E-state index contributed by atoms with van der Waals surface area (Å²) in [6, 6.07) is 15.3. The van der Waals surface area contributed by atoms with Crippen molar-refractivity contribution in [3.63, 3.8) is 0 Å². The molecule has 0 fully saturated rings. The van der Waals surface area contributed by atoms with Gasteiger partial charge in [0.2, 0.25) is 0 Å². The van der Waals surface area contributed by atoms with Crippen LogP contribution in [0.4, 0.5) is 15.6 Å². The summed E-state index contributed by atoms with van der Waals surface area (Å²) in [6.45, 7) is 0.512. The Morgan fingerprint density at radius 2 is 1.87 bits per heavy atom. The van der Waals surface area contributed by atoms with E-state index < -0.39 is 0 Å². The monoisotopic (exact) mass is 415 g/mol. The molecule has 9 heteroatoms. The molecule has 0 atom stereocenters. The molecule has 5 rings (SSSR count). The maximum Gasteiger partial charge on any atom is 0.325 e. The van der Waals surface area contributed by atoms with Crippen molar-refractivity contribution in [3.05, 3.63) is 84.4 Å². The number of amides is 2. The number of aromatic nitrogens is 5. The van der Waals surface area contributed by atoms with Crippen molar-refractivity contribution in [2.24, 2.45) is 0 Å². The molecule has 0 bridgehead atoms. The van der Waals surface area contributed by atoms with E-state index in [1.165, 1.54) is 11.3 Å². The third kappa shape index (κ3) is 3.91. The largest absolute Gasteiger partial charge is 0.325 e. The van der Waals surface area contributed by atoms with Gasteiger partial charge in [0, 0.05) is 29.5 Å². The second-order valence-corrected chi connectivity index (χ2v) is 7.47. The van der Waals surface area contributed by atoms with Crippen LogP contribution >= 0.6 is 11.3 Å². The summed E-state index contributed by atoms with van der Waals surface area (Å²) in [5.74, 6) is 0. The van der Waals surface area contributed by atoms with Gasteiger partial charge in [0.1, 0.15) is 5.65 Å². The number of fused-ring (bicyclic) bond motifs is 1. The molecule has 2 amide bonds. The van der Waals surface area contributed by atoms with Crippen molar-refractivity contribution in [1.82, 2.24) is 24.1 Å². The van der Waals surface area contributed by atoms with Crippen LogP contribution in [0.3, 0.4) is 0 Å². The highest BCUT2D eigenvalue weighted by Crippen LogP contribution is 2.24. The molecular weight excluding hydrogens is 398 g/mol. The molecule has 0 aliphatic rings. The summed E-state index contributed by atoms with van der Waals surface area (Å²) < 4.78 is 3.69. The van der Waals surface area contributed by atoms with Gasteiger partial charge in [-0.2, -0.15) is 5.10 Å². The number of pyridine rings is 1. The van der Waals surface area contributed by atoms with Crippen molar-refractivity contribution in [2.45, 2.75) is 6.54 Å². The lowest BCUT2D eigenvalue weighted by atomic mass is 10.2. The molecule has 0 saturated carbocycles. The zero-order chi connectivity index (χ0) is 20.3. The van der Waals surface area contributed by atoms with Gasteiger partial charge in [-0.1, -0.05) is 36.4 Å². The summed E-state index contributed by atoms with van der Waals surface area (Å²) in [5.41, 5.74) is 4.20. The third-order valence-corrected chi connectivity index (χ3v) is 5.18. The fraction of sp³-hybridized carbons (Fsp3) is 0.0476. The normalized spacial score (nSPS) is 10.9. The van der Waals surface area contributed by atoms with E-state index in [0.29, 0.717) is 17.4 Å². The predicted octanol–water partition coefficient (Wildman–Crippen LogP) is 4.35. The molecule has 4 aromatic heterocycles. The zero-order valence-electron chi connectivity index (χ0n) is 15.8. The van der Waals surface area contributed by atoms with Crippen molar-refractivity contribution in [1.29, 1.82) is 0 Å². The van der Waals surface area contributed by atoms with E-state index in [9.17, 15) is 4.79 Å². The Morgan fingerprint density at radius 1 is 1.00 bits per heavy atom. The average Bonchev–Trinajstić information content (AvgIpc) is 3.48. The van der Waals surface area contributed by atoms with Crippen molar-refractivity contribution >= 4 is 33.8 Å². The molecule has 0 radical (unpaired) electrons. The molecule has 4 heterocycles. The average molecular weight is 415 g/mol. The highest BCUT2D eigenvalue weighted by atomic mass is 32.1. The number of rotatable bonds is 5. The van der Waals surface area contributed by atoms with E-state index in [4.69, 9.17) is 0 Å². The fourth-order valence-electron chi connectivity index (χ4n) is 3.08. The Kier molecular flexibility index (Phi) is 4.70. The summed E-state index contributed by atoms with van der Waals surface area (Å²) in [5, 5.41) is 12.3. The number of carbonyl (C=O) groups is 1. The molecule has 30 heavy (non-hydrogen) atoms. The highest BCUT2D eigenvalue weighted by molar-refractivity contribution is 7.14. The van der Waals surface area contributed by atoms with Gasteiger partial charge in [0.05, 0.1) is 29.8 Å². The van der Waals surface area contributed by atoms with Crippen molar-refractivity contribution in [3.8, 4) is 11.3 Å². The van der Waals surface area contributed by atoms with Crippen LogP contribution < -0.4 is 10.6 Å². The number of carbonyl (C=O) groups excluding carboxylic acids is 1. The van der Waals surface area contributed by atoms with E-state index in [1.54, 1.807) is 17.1 Å². The van der Waals surface area contributed by atoms with Crippen LogP contribution in [0.15, 0.2) is 78.7 Å². The van der Waals surface area contributed by atoms with E-state index in [1.807, 2.05) is 70.7 Å². The van der Waals surface area contributed by atoms with Crippen molar-refractivity contribution < 1.29 is 4.79 Å². The topological polar surface area (TPSA) is 89.1 Å². The van der Waals surface area contributed by atoms with Crippen LogP contribution in [0.2, 0.25) is 0 Å². The number of thiazole rings is 1. The van der Waals surface area contributed by atoms with Gasteiger partial charge in [-0.3, -0.25) is 10.00 Å². The van der Waals surface area contributed by atoms with Gasteiger partial charge in [0.25, 0.3) is 0 Å². The number of hydrogen-bond donors (Lipinski definition) is 2. The summed E-state index contributed by atoms with van der Waals surface area (Å²) in [6.07, 6.45) is 7.28. The first-order valence-electron chi connectivity index (χ1n) is 9.27. The van der Waals surface area contributed by atoms with Gasteiger partial charge in [-0.25, -0.2) is 14.8 Å². The molecule has 0 aliphatic heterocycles. The van der Waals surface area contributed by atoms with E-state index in [0.717, 1.165) is 22.6 Å². The molecular formula is C21H17N7OS. The standard InChI is InChI=1S/C21H17N7OS/c29-20(26-21-25-18(14-30-21)15-6-2-1-3-7-15)24-16-10-22-28(12-16)13-17-11-27-9-5-4-8-19(27)23-17/h1-12,14H,13H2,(H2,24,25,26,29). The minimum absolute atomic E-state index is 0.365. The summed E-state index contributed by atoms with van der Waals surface area (Å²) >= 11 is 1.38. The van der Waals surface area contributed by atoms with Crippen LogP contribution in [0, 0.1) is 0 Å². The second kappa shape index (κ2) is 7.80. The lowest BCUT2D eigenvalue weighted by molar-refractivity contribution is 0.262. The number of nitrogens with one attached hydrogen (secondary N) is 2. The summed E-state index contributed by atoms with van der Waals surface area (Å²) in [7, 11) is 0. The summed E-state index contributed by atoms with van der Waals surface area (Å²) in [4.78, 5) is 21.3. The Hall–Kier alpha value is -3.98. The van der Waals surface area contributed by atoms with Crippen molar-refractivity contribution in [2.75, 3.05) is 10.6 Å². The first kappa shape index (κ1) is 18.1. The molecule has 1 aromatic carbocycles. The number of benzene rings is 1. The van der Waals surface area contributed by atoms with Crippen LogP contribution in [-0.4, -0.2) is 30.2 Å². The van der Waals surface area contributed by atoms with Gasteiger partial charge >= 0.3 is 6.03 Å². The fourth-order valence-corrected chi connectivity index (χ4v) is 3.79. The molecule has 5 aromatic rings. The lowest BCUT2D eigenvalue weighted by Gasteiger charge is -2.02. The number of hydrogen-bond acceptors (Lipinski definition) is 5. The maximum atomic E-state index is 12.3. The SMILES string of the molecule is O=C(Nc1cnn(Cc2cn3ccccc3n2)c1)Nc1nc(-c2ccccc2)cs1. The lowest BCUT2D eigenvalue weighted by Crippen LogP contribution is -2.19. The Balaban J connectivity index is 1.21. The number of anilines is 2. The van der Waals surface area contributed by atoms with E-state index >= 15 is 0 Å². The number of nitrogens with zero attached hydrogens (tertiary/aromatic N) is 5. The van der Waals surface area contributed by atoms with Gasteiger partial charge < -0.3 is 9.72 Å². The first-order chi connectivity index (χ1) is 14.7. The van der Waals surface area contributed by atoms with Gasteiger partial charge in [-0.15, -0.1) is 11.3 Å². The Morgan fingerprint density at radius 3 is 2.73 bits per heavy atom.